The number of amides is 12. The van der Waals surface area contributed by atoms with E-state index in [1.165, 1.54) is 99.6 Å². The fourth-order valence-corrected chi connectivity index (χ4v) is 12.8. The number of carbonyl (C=O) groups excluding carboxylic acids is 12. The third-order valence-electron chi connectivity index (χ3n) is 19.7. The van der Waals surface area contributed by atoms with Crippen LogP contribution in [0.25, 0.3) is 0 Å². The summed E-state index contributed by atoms with van der Waals surface area (Å²) >= 11 is 3.53. The first kappa shape index (κ1) is 79.1. The Labute approximate surface area is 576 Å². The number of nitrogens with one attached hydrogen (secondary N) is 4. The Bertz CT molecular complexity index is 3120. The van der Waals surface area contributed by atoms with Gasteiger partial charge in [-0.2, -0.15) is 0 Å². The SMILES string of the molecule is CCCC[C@@H]1NC(=O)[C@H](Cc2cc(Br)ccc2C)NC(=O)CN(C)C(=O)[C@H](Cc2ccc(OC)cc2)N(C)C(=O)C2CCN2C(=O)[C@H](C)N(C)C(=O)[C@H]([C@@H](C)CC)NC(=O)[C@H](CC)N(C)C(=O)C[C@@H](C(=O)N2CCCCC2)N(C)C(=O)[C@H](CC(C)C)NC(=O)C(C)(C)N(C)C1=O. The van der Waals surface area contributed by atoms with Gasteiger partial charge in [-0.15, -0.1) is 0 Å². The molecule has 25 nitrogen and oxygen atoms in total. The molecule has 1 unspecified atom stereocenters. The molecule has 3 heterocycles. The van der Waals surface area contributed by atoms with Crippen molar-refractivity contribution in [2.75, 3.05) is 75.6 Å². The molecule has 0 radical (unpaired) electrons. The lowest BCUT2D eigenvalue weighted by Gasteiger charge is -2.45. The predicted octanol–water partition coefficient (Wildman–Crippen LogP) is 4.22. The predicted molar refractivity (Wildman–Crippen MR) is 367 cm³/mol. The molecule has 0 aliphatic carbocycles. The fourth-order valence-electron chi connectivity index (χ4n) is 12.4. The maximum atomic E-state index is 15.1. The summed E-state index contributed by atoms with van der Waals surface area (Å²) in [4.78, 5) is 188. The van der Waals surface area contributed by atoms with Crippen LogP contribution in [0.3, 0.4) is 0 Å². The van der Waals surface area contributed by atoms with E-state index in [1.54, 1.807) is 43.0 Å². The number of benzene rings is 2. The van der Waals surface area contributed by atoms with Crippen molar-refractivity contribution in [1.82, 2.24) is 60.5 Å². The molecule has 2 aromatic carbocycles. The summed E-state index contributed by atoms with van der Waals surface area (Å²) in [5.74, 6) is -7.94. The van der Waals surface area contributed by atoms with Gasteiger partial charge in [0.05, 0.1) is 20.1 Å². The van der Waals surface area contributed by atoms with E-state index in [-0.39, 0.29) is 51.0 Å². The molecule has 3 aliphatic heterocycles. The molecular formula is C70H107BrN12O13. The highest BCUT2D eigenvalue weighted by Crippen LogP contribution is 2.27. The zero-order valence-electron chi connectivity index (χ0n) is 59.7. The van der Waals surface area contributed by atoms with E-state index in [1.807, 2.05) is 52.8 Å². The van der Waals surface area contributed by atoms with Gasteiger partial charge in [-0.05, 0) is 125 Å². The van der Waals surface area contributed by atoms with Crippen LogP contribution < -0.4 is 26.0 Å². The summed E-state index contributed by atoms with van der Waals surface area (Å²) < 4.78 is 6.08. The minimum absolute atomic E-state index is 0.0306. The van der Waals surface area contributed by atoms with Gasteiger partial charge in [-0.3, -0.25) is 57.5 Å². The van der Waals surface area contributed by atoms with Gasteiger partial charge in [0.15, 0.2) is 0 Å². The monoisotopic (exact) mass is 1400 g/mol. The molecule has 0 bridgehead atoms. The summed E-state index contributed by atoms with van der Waals surface area (Å²) in [6, 6.07) is 1.33. The largest absolute Gasteiger partial charge is 0.497 e. The second-order valence-electron chi connectivity index (χ2n) is 27.2. The number of halogens is 1. The van der Waals surface area contributed by atoms with Gasteiger partial charge in [0.1, 0.15) is 65.7 Å². The lowest BCUT2D eigenvalue weighted by atomic mass is 9.95. The van der Waals surface area contributed by atoms with E-state index in [9.17, 15) is 52.7 Å². The molecule has 3 fully saturated rings. The van der Waals surface area contributed by atoms with Crippen molar-refractivity contribution in [3.8, 4) is 5.75 Å². The Morgan fingerprint density at radius 3 is 1.90 bits per heavy atom. The molecule has 0 spiro atoms. The highest BCUT2D eigenvalue weighted by atomic mass is 79.9. The van der Waals surface area contributed by atoms with Crippen molar-refractivity contribution in [2.45, 2.75) is 213 Å². The van der Waals surface area contributed by atoms with E-state index in [4.69, 9.17) is 4.74 Å². The van der Waals surface area contributed by atoms with Gasteiger partial charge in [-0.25, -0.2) is 0 Å². The summed E-state index contributed by atoms with van der Waals surface area (Å²) in [6.07, 6.45) is 3.64. The topological polar surface area (TPSA) is 288 Å². The fraction of sp³-hybridized carbons (Fsp3) is 0.657. The molecule has 5 rings (SSSR count). The lowest BCUT2D eigenvalue weighted by molar-refractivity contribution is -0.160. The van der Waals surface area contributed by atoms with E-state index < -0.39 is 150 Å². The minimum Gasteiger partial charge on any atom is -0.497 e. The smallest absolute Gasteiger partial charge is 0.246 e. The Kier molecular flexibility index (Phi) is 29.3. The molecule has 2 aromatic rings. The van der Waals surface area contributed by atoms with Gasteiger partial charge in [0.2, 0.25) is 70.9 Å². The number of aryl methyl sites for hydroxylation is 1. The Hall–Kier alpha value is -7.64. The molecule has 12 amide bonds. The number of fused-ring (bicyclic) bond motifs is 1. The summed E-state index contributed by atoms with van der Waals surface area (Å²) in [6.45, 7) is 17.6. The minimum atomic E-state index is -1.70. The van der Waals surface area contributed by atoms with E-state index in [0.717, 1.165) is 16.9 Å². The second kappa shape index (κ2) is 35.6. The van der Waals surface area contributed by atoms with Crippen LogP contribution in [0.1, 0.15) is 150 Å². The molecule has 0 saturated carbocycles. The number of ether oxygens (including phenoxy) is 1. The molecule has 96 heavy (non-hydrogen) atoms. The summed E-state index contributed by atoms with van der Waals surface area (Å²) in [7, 11) is 10.0. The number of carbonyl (C=O) groups is 12. The zero-order valence-corrected chi connectivity index (χ0v) is 61.3. The van der Waals surface area contributed by atoms with Crippen LogP contribution in [0.4, 0.5) is 0 Å². The van der Waals surface area contributed by atoms with Gasteiger partial charge in [0, 0.05) is 79.2 Å². The van der Waals surface area contributed by atoms with Gasteiger partial charge >= 0.3 is 0 Å². The molecule has 3 saturated heterocycles. The first-order chi connectivity index (χ1) is 45.1. The highest BCUT2D eigenvalue weighted by molar-refractivity contribution is 9.10. The quantitative estimate of drug-likeness (QED) is 0.206. The third kappa shape index (κ3) is 19.8. The standard InChI is InChI=1S/C70H107BrN12O13/c1-18-21-25-50-64(90)81(16)70(9,10)69(95)74-52(36-42(4)5)63(89)79(14)56(67(93)82-33-23-22-24-34-82)40-58(85)78(13)53(20-3)61(87)75-59(43(6)19-2)68(94)77(12)45(8)62(88)83-35-32-54(83)66(92)80(15)55(37-46-27-30-49(96-17)31-28-46)65(91)76(11)41-57(84)72-51(60(86)73-50)39-47-38-48(71)29-26-44(47)7/h26-31,38,42-43,45,50-56,59H,18-25,32-37,39-41H2,1-17H3,(H,72,84)(H,73,86)(H,74,95)(H,75,87)/t43-,45-,50-,51-,52-,53-,54?,55-,56-,59-/m0/s1. The van der Waals surface area contributed by atoms with Crippen LogP contribution in [0.2, 0.25) is 0 Å². The number of methoxy groups -OCH3 is 1. The number of piperidine rings is 1. The highest BCUT2D eigenvalue weighted by Gasteiger charge is 2.47. The number of rotatable bonds is 14. The molecule has 10 atom stereocenters. The molecule has 0 aromatic heterocycles. The molecular weight excluding hydrogens is 1300 g/mol. The van der Waals surface area contributed by atoms with E-state index >= 15 is 4.79 Å². The normalized spacial score (nSPS) is 25.6. The number of hydrogen-bond acceptors (Lipinski definition) is 13. The van der Waals surface area contributed by atoms with E-state index in [2.05, 4.69) is 37.2 Å². The third-order valence-corrected chi connectivity index (χ3v) is 20.2. The molecule has 4 N–H and O–H groups in total. The zero-order chi connectivity index (χ0) is 71.8. The molecule has 26 heteroatoms. The van der Waals surface area contributed by atoms with Crippen molar-refractivity contribution < 1.29 is 62.3 Å². The summed E-state index contributed by atoms with van der Waals surface area (Å²) in [5, 5.41) is 11.5. The number of likely N-dealkylation sites (N-methyl/N-ethyl adjacent to an activating group) is 6. The van der Waals surface area contributed by atoms with Crippen LogP contribution >= 0.6 is 15.9 Å². The average Bonchev–Trinajstić information content (AvgIpc) is 0.837. The van der Waals surface area contributed by atoms with Gasteiger partial charge in [0.25, 0.3) is 0 Å². The number of hydrogen-bond donors (Lipinski definition) is 4. The molecule has 3 aliphatic rings. The lowest BCUT2D eigenvalue weighted by Crippen LogP contribution is -2.65. The maximum absolute atomic E-state index is 15.1. The molecule has 532 valence electrons. The number of likely N-dealkylation sites (tertiary alicyclic amines) is 1. The van der Waals surface area contributed by atoms with Crippen molar-refractivity contribution in [1.29, 1.82) is 0 Å². The van der Waals surface area contributed by atoms with Crippen LogP contribution in [0.15, 0.2) is 46.9 Å². The number of unbranched alkanes of at least 4 members (excludes halogenated alkanes) is 1. The Balaban J connectivity index is 1.63. The van der Waals surface area contributed by atoms with Gasteiger partial charge < -0.3 is 65.2 Å². The first-order valence-corrected chi connectivity index (χ1v) is 34.7. The number of nitrogens with zero attached hydrogens (tertiary/aromatic N) is 8. The first-order valence-electron chi connectivity index (χ1n) is 33.9. The van der Waals surface area contributed by atoms with Crippen molar-refractivity contribution >= 4 is 86.8 Å². The van der Waals surface area contributed by atoms with Gasteiger partial charge in [-0.1, -0.05) is 94.9 Å². The summed E-state index contributed by atoms with van der Waals surface area (Å²) in [5.41, 5.74) is 0.409. The maximum Gasteiger partial charge on any atom is 0.246 e. The van der Waals surface area contributed by atoms with Crippen molar-refractivity contribution in [3.05, 3.63) is 63.6 Å². The van der Waals surface area contributed by atoms with Crippen LogP contribution in [-0.2, 0) is 70.4 Å². The van der Waals surface area contributed by atoms with Crippen LogP contribution in [0, 0.1) is 18.8 Å². The second-order valence-corrected chi connectivity index (χ2v) is 28.2. The Morgan fingerprint density at radius 1 is 0.677 bits per heavy atom. The van der Waals surface area contributed by atoms with Crippen LogP contribution in [-0.4, -0.2) is 246 Å². The van der Waals surface area contributed by atoms with Crippen LogP contribution in [0.5, 0.6) is 5.75 Å². The van der Waals surface area contributed by atoms with E-state index in [0.29, 0.717) is 66.5 Å². The van der Waals surface area contributed by atoms with Crippen molar-refractivity contribution in [3.63, 3.8) is 0 Å². The Morgan fingerprint density at radius 2 is 1.32 bits per heavy atom. The van der Waals surface area contributed by atoms with Crippen molar-refractivity contribution in [2.24, 2.45) is 11.8 Å². The average molecular weight is 1400 g/mol.